The quantitative estimate of drug-likeness (QED) is 0.304. The Morgan fingerprint density at radius 2 is 1.70 bits per heavy atom. The van der Waals surface area contributed by atoms with Gasteiger partial charge in [-0.05, 0) is 73.7 Å². The molecule has 0 spiro atoms. The first-order valence-corrected chi connectivity index (χ1v) is 12.5. The number of hydrogen-bond acceptors (Lipinski definition) is 2. The fourth-order valence-electron chi connectivity index (χ4n) is 5.31. The lowest BCUT2D eigenvalue weighted by Gasteiger charge is -2.12. The summed E-state index contributed by atoms with van der Waals surface area (Å²) >= 11 is 1.83. The molecule has 2 heterocycles. The highest BCUT2D eigenvalue weighted by Gasteiger charge is 2.19. The minimum atomic E-state index is 0.967. The third-order valence-electron chi connectivity index (χ3n) is 6.78. The average Bonchev–Trinajstić information content (AvgIpc) is 3.41. The molecule has 2 nitrogen and oxygen atoms in total. The fraction of sp³-hybridized carbons (Fsp3) is 0.133. The minimum Gasteiger partial charge on any atom is -0.455 e. The zero-order valence-electron chi connectivity index (χ0n) is 18.3. The maximum atomic E-state index is 6.44. The van der Waals surface area contributed by atoms with E-state index in [-0.39, 0.29) is 0 Å². The molecule has 33 heavy (non-hydrogen) atoms. The van der Waals surface area contributed by atoms with Crippen molar-refractivity contribution in [1.29, 1.82) is 0 Å². The Kier molecular flexibility index (Phi) is 4.37. The van der Waals surface area contributed by atoms with Gasteiger partial charge in [0.05, 0.1) is 5.52 Å². The van der Waals surface area contributed by atoms with Crippen LogP contribution in [0.3, 0.4) is 0 Å². The average molecular weight is 446 g/mol. The molecular weight excluding hydrogens is 422 g/mol. The monoisotopic (exact) mass is 445 g/mol. The molecule has 0 saturated carbocycles. The molecule has 0 atom stereocenters. The van der Waals surface area contributed by atoms with Crippen LogP contribution < -0.4 is 10.6 Å². The van der Waals surface area contributed by atoms with E-state index < -0.39 is 0 Å². The molecule has 0 aliphatic heterocycles. The smallest absolute Gasteiger partial charge is 0.144 e. The van der Waals surface area contributed by atoms with Gasteiger partial charge >= 0.3 is 0 Å². The van der Waals surface area contributed by atoms with Crippen molar-refractivity contribution in [2.45, 2.75) is 30.6 Å². The molecular formula is C30H23NOS. The number of para-hydroxylation sites is 1. The number of nitrogens with zero attached hydrogens (tertiary/aromatic N) is 1. The Labute approximate surface area is 196 Å². The highest BCUT2D eigenvalue weighted by molar-refractivity contribution is 8.07. The summed E-state index contributed by atoms with van der Waals surface area (Å²) in [5.74, 6) is 0. The summed E-state index contributed by atoms with van der Waals surface area (Å²) in [6.45, 7) is 0. The number of rotatable bonds is 3. The lowest BCUT2D eigenvalue weighted by molar-refractivity contribution is 0.570. The summed E-state index contributed by atoms with van der Waals surface area (Å²) in [5.41, 5.74) is 7.27. The van der Waals surface area contributed by atoms with Gasteiger partial charge in [0.15, 0.2) is 0 Å². The van der Waals surface area contributed by atoms with E-state index in [1.807, 2.05) is 11.8 Å². The third-order valence-corrected chi connectivity index (χ3v) is 7.93. The molecule has 160 valence electrons. The molecule has 0 unspecified atom stereocenters. The summed E-state index contributed by atoms with van der Waals surface area (Å²) in [6.07, 6.45) is 11.2. The molecule has 0 amide bonds. The lowest BCUT2D eigenvalue weighted by Crippen LogP contribution is -2.25. The van der Waals surface area contributed by atoms with Crippen LogP contribution in [0.15, 0.2) is 88.2 Å². The summed E-state index contributed by atoms with van der Waals surface area (Å²) in [4.78, 5) is 2.59. The SMILES string of the molecule is C1=Cc2c(c3ccccc3n2-c2ccc3oc4c(c3c2)=CCCC=4Sc2ccccc2)CC1. The van der Waals surface area contributed by atoms with E-state index in [2.05, 4.69) is 95.6 Å². The molecule has 7 rings (SSSR count). The van der Waals surface area contributed by atoms with E-state index in [1.54, 1.807) is 0 Å². The molecule has 0 fully saturated rings. The van der Waals surface area contributed by atoms with Gasteiger partial charge in [0.25, 0.3) is 0 Å². The number of hydrogen-bond donors (Lipinski definition) is 0. The number of allylic oxidation sites excluding steroid dienone is 1. The van der Waals surface area contributed by atoms with Crippen LogP contribution in [0.5, 0.6) is 0 Å². The number of aryl methyl sites for hydroxylation is 1. The van der Waals surface area contributed by atoms with Crippen molar-refractivity contribution in [1.82, 2.24) is 4.57 Å². The van der Waals surface area contributed by atoms with Crippen LogP contribution in [0, 0.1) is 0 Å². The predicted molar refractivity (Wildman–Crippen MR) is 139 cm³/mol. The Balaban J connectivity index is 1.45. The van der Waals surface area contributed by atoms with Gasteiger partial charge in [-0.3, -0.25) is 0 Å². The maximum Gasteiger partial charge on any atom is 0.144 e. The van der Waals surface area contributed by atoms with Crippen LogP contribution in [-0.4, -0.2) is 4.57 Å². The zero-order chi connectivity index (χ0) is 21.8. The molecule has 2 aliphatic rings. The number of furan rings is 1. The van der Waals surface area contributed by atoms with Gasteiger partial charge < -0.3 is 8.98 Å². The normalized spacial score (nSPS) is 15.0. The predicted octanol–water partition coefficient (Wildman–Crippen LogP) is 6.81. The van der Waals surface area contributed by atoms with Crippen LogP contribution in [0.1, 0.15) is 30.5 Å². The summed E-state index contributed by atoms with van der Waals surface area (Å²) in [5, 5.41) is 3.82. The number of aromatic nitrogens is 1. The van der Waals surface area contributed by atoms with Gasteiger partial charge in [-0.25, -0.2) is 0 Å². The van der Waals surface area contributed by atoms with Crippen molar-refractivity contribution in [2.75, 3.05) is 0 Å². The van der Waals surface area contributed by atoms with Crippen molar-refractivity contribution < 1.29 is 4.42 Å². The van der Waals surface area contributed by atoms with Crippen LogP contribution in [-0.2, 0) is 6.42 Å². The Morgan fingerprint density at radius 3 is 2.64 bits per heavy atom. The van der Waals surface area contributed by atoms with Crippen LogP contribution in [0.4, 0.5) is 0 Å². The van der Waals surface area contributed by atoms with E-state index in [9.17, 15) is 0 Å². The summed E-state index contributed by atoms with van der Waals surface area (Å²) < 4.78 is 8.86. The van der Waals surface area contributed by atoms with E-state index in [0.717, 1.165) is 36.7 Å². The van der Waals surface area contributed by atoms with E-state index in [4.69, 9.17) is 4.42 Å². The molecule has 2 aliphatic carbocycles. The molecule has 3 aromatic carbocycles. The molecule has 3 heteroatoms. The van der Waals surface area contributed by atoms with Crippen LogP contribution in [0.2, 0.25) is 0 Å². The number of fused-ring (bicyclic) bond motifs is 6. The van der Waals surface area contributed by atoms with Gasteiger partial charge in [-0.2, -0.15) is 0 Å². The van der Waals surface area contributed by atoms with Crippen molar-refractivity contribution in [2.24, 2.45) is 0 Å². The molecule has 0 bridgehead atoms. The Hall–Kier alpha value is -3.43. The third kappa shape index (κ3) is 3.03. The molecule has 0 saturated heterocycles. The number of benzene rings is 3. The first kappa shape index (κ1) is 19.1. The topological polar surface area (TPSA) is 18.1 Å². The second-order valence-electron chi connectivity index (χ2n) is 8.76. The van der Waals surface area contributed by atoms with Crippen molar-refractivity contribution in [3.8, 4) is 5.69 Å². The van der Waals surface area contributed by atoms with Gasteiger partial charge in [0.2, 0.25) is 0 Å². The van der Waals surface area contributed by atoms with Crippen molar-refractivity contribution >= 4 is 50.7 Å². The maximum absolute atomic E-state index is 6.44. The highest BCUT2D eigenvalue weighted by Crippen LogP contribution is 2.35. The van der Waals surface area contributed by atoms with Crippen LogP contribution >= 0.6 is 11.8 Å². The van der Waals surface area contributed by atoms with Crippen molar-refractivity contribution in [3.63, 3.8) is 0 Å². The molecule has 5 aromatic rings. The van der Waals surface area contributed by atoms with E-state index >= 15 is 0 Å². The van der Waals surface area contributed by atoms with Gasteiger partial charge in [-0.1, -0.05) is 60.3 Å². The van der Waals surface area contributed by atoms with E-state index in [1.165, 1.54) is 48.3 Å². The first-order valence-electron chi connectivity index (χ1n) is 11.6. The zero-order valence-corrected chi connectivity index (χ0v) is 19.1. The summed E-state index contributed by atoms with van der Waals surface area (Å²) in [7, 11) is 0. The number of thioether (sulfide) groups is 1. The molecule has 2 aromatic heterocycles. The first-order chi connectivity index (χ1) is 16.4. The standard InChI is InChI=1S/C30H23NOS/c1-2-9-21(10-3-1)33-29-16-8-13-24-25-19-20(17-18-28(25)32-30(24)29)31-26-14-6-4-11-22(26)23-12-5-7-15-27(23)31/h1-4,6-7,9-11,13-15,17-19H,5,8,12,16H2. The second kappa shape index (κ2) is 7.57. The van der Waals surface area contributed by atoms with Gasteiger partial charge in [0.1, 0.15) is 11.0 Å². The Morgan fingerprint density at radius 1 is 0.818 bits per heavy atom. The summed E-state index contributed by atoms with van der Waals surface area (Å²) in [6, 6.07) is 26.1. The second-order valence-corrected chi connectivity index (χ2v) is 9.93. The fourth-order valence-corrected chi connectivity index (χ4v) is 6.35. The minimum absolute atomic E-state index is 0.967. The Bertz CT molecular complexity index is 1680. The van der Waals surface area contributed by atoms with Crippen LogP contribution in [0.25, 0.3) is 44.6 Å². The molecule has 0 N–H and O–H groups in total. The van der Waals surface area contributed by atoms with Crippen molar-refractivity contribution in [3.05, 3.63) is 101 Å². The van der Waals surface area contributed by atoms with Gasteiger partial charge in [-0.15, -0.1) is 0 Å². The molecule has 0 radical (unpaired) electrons. The van der Waals surface area contributed by atoms with E-state index in [0.29, 0.717) is 0 Å². The van der Waals surface area contributed by atoms with Gasteiger partial charge in [0, 0.05) is 37.2 Å². The largest absolute Gasteiger partial charge is 0.455 e. The lowest BCUT2D eigenvalue weighted by atomic mass is 10.0. The highest BCUT2D eigenvalue weighted by atomic mass is 32.2.